The number of fused-ring (bicyclic) bond motifs is 1. The highest BCUT2D eigenvalue weighted by Gasteiger charge is 2.31. The van der Waals surface area contributed by atoms with E-state index in [2.05, 4.69) is 24.5 Å². The molecule has 1 aromatic heterocycles. The molecule has 1 saturated carbocycles. The molecule has 1 aliphatic heterocycles. The van der Waals surface area contributed by atoms with Gasteiger partial charge in [0.2, 0.25) is 5.91 Å². The van der Waals surface area contributed by atoms with Gasteiger partial charge in [-0.05, 0) is 44.1 Å². The zero-order valence-electron chi connectivity index (χ0n) is 15.3. The predicted molar refractivity (Wildman–Crippen MR) is 109 cm³/mol. The average Bonchev–Trinajstić information content (AvgIpc) is 3.35. The van der Waals surface area contributed by atoms with Crippen LogP contribution in [-0.4, -0.2) is 36.4 Å². The van der Waals surface area contributed by atoms with E-state index in [1.807, 2.05) is 4.90 Å². The van der Waals surface area contributed by atoms with Gasteiger partial charge in [-0.25, -0.2) is 4.98 Å². The van der Waals surface area contributed by atoms with E-state index in [4.69, 9.17) is 9.72 Å². The molecule has 0 radical (unpaired) electrons. The van der Waals surface area contributed by atoms with Gasteiger partial charge >= 0.3 is 0 Å². The first-order chi connectivity index (χ1) is 12.8. The molecule has 1 aliphatic carbocycles. The van der Waals surface area contributed by atoms with Gasteiger partial charge < -0.3 is 4.74 Å². The van der Waals surface area contributed by atoms with Gasteiger partial charge in [-0.15, -0.1) is 11.8 Å². The Bertz CT molecular complexity index is 764. The number of thioether (sulfide) groups is 1. The third-order valence-electron chi connectivity index (χ3n) is 5.45. The number of thiazole rings is 1. The van der Waals surface area contributed by atoms with Gasteiger partial charge in [0.1, 0.15) is 0 Å². The number of amides is 1. The fourth-order valence-corrected chi connectivity index (χ4v) is 5.65. The molecular weight excluding hydrogens is 364 g/mol. The van der Waals surface area contributed by atoms with E-state index in [1.54, 1.807) is 23.1 Å². The van der Waals surface area contributed by atoms with E-state index in [0.29, 0.717) is 6.54 Å². The number of hydrogen-bond donors (Lipinski definition) is 0. The van der Waals surface area contributed by atoms with E-state index < -0.39 is 0 Å². The Morgan fingerprint density at radius 3 is 2.85 bits per heavy atom. The van der Waals surface area contributed by atoms with Crippen LogP contribution in [0.2, 0.25) is 0 Å². The molecule has 2 aliphatic rings. The minimum atomic E-state index is 0.148. The Morgan fingerprint density at radius 1 is 1.27 bits per heavy atom. The lowest BCUT2D eigenvalue weighted by atomic mass is 9.88. The van der Waals surface area contributed by atoms with Gasteiger partial charge in [0.05, 0.1) is 22.9 Å². The van der Waals surface area contributed by atoms with Crippen molar-refractivity contribution in [3.05, 3.63) is 18.2 Å². The minimum Gasteiger partial charge on any atom is -0.376 e. The third-order valence-corrected chi connectivity index (χ3v) is 7.26. The Morgan fingerprint density at radius 2 is 2.12 bits per heavy atom. The fourth-order valence-electron chi connectivity index (χ4n) is 4.02. The molecule has 4 rings (SSSR count). The molecule has 0 bridgehead atoms. The second kappa shape index (κ2) is 8.28. The molecule has 4 nitrogen and oxygen atoms in total. The van der Waals surface area contributed by atoms with E-state index in [9.17, 15) is 4.79 Å². The van der Waals surface area contributed by atoms with Crippen molar-refractivity contribution in [2.24, 2.45) is 5.92 Å². The summed E-state index contributed by atoms with van der Waals surface area (Å²) in [6.07, 6.45) is 9.97. The third kappa shape index (κ3) is 3.78. The Kier molecular flexibility index (Phi) is 5.81. The maximum atomic E-state index is 13.3. The lowest BCUT2D eigenvalue weighted by Crippen LogP contribution is -2.41. The second-order valence-electron chi connectivity index (χ2n) is 7.22. The highest BCUT2D eigenvalue weighted by molar-refractivity contribution is 7.98. The first-order valence-electron chi connectivity index (χ1n) is 9.63. The molecule has 1 saturated heterocycles. The van der Waals surface area contributed by atoms with Crippen LogP contribution in [0.4, 0.5) is 5.13 Å². The van der Waals surface area contributed by atoms with E-state index in [0.717, 1.165) is 47.6 Å². The van der Waals surface area contributed by atoms with E-state index in [1.165, 1.54) is 24.2 Å². The van der Waals surface area contributed by atoms with Gasteiger partial charge in [-0.2, -0.15) is 0 Å². The summed E-state index contributed by atoms with van der Waals surface area (Å²) >= 11 is 3.34. The number of benzene rings is 1. The Balaban J connectivity index is 1.66. The van der Waals surface area contributed by atoms with Crippen LogP contribution in [0.25, 0.3) is 10.2 Å². The lowest BCUT2D eigenvalue weighted by Gasteiger charge is -2.29. The van der Waals surface area contributed by atoms with Crippen LogP contribution in [0.1, 0.15) is 44.9 Å². The SMILES string of the molecule is CSc1cccc2sc(N(CC3CCCO3)C(=O)C3CCCCC3)nc12. The Labute approximate surface area is 163 Å². The van der Waals surface area contributed by atoms with Crippen LogP contribution < -0.4 is 4.90 Å². The summed E-state index contributed by atoms with van der Waals surface area (Å²) in [5.41, 5.74) is 1.02. The summed E-state index contributed by atoms with van der Waals surface area (Å²) < 4.78 is 6.99. The Hall–Kier alpha value is -1.11. The summed E-state index contributed by atoms with van der Waals surface area (Å²) in [4.78, 5) is 21.4. The van der Waals surface area contributed by atoms with Gasteiger partial charge in [-0.1, -0.05) is 36.7 Å². The van der Waals surface area contributed by atoms with Crippen molar-refractivity contribution >= 4 is 44.4 Å². The molecule has 1 unspecified atom stereocenters. The molecule has 2 aromatic rings. The molecule has 1 amide bonds. The summed E-state index contributed by atoms with van der Waals surface area (Å²) in [6, 6.07) is 6.28. The van der Waals surface area contributed by atoms with Crippen molar-refractivity contribution in [2.75, 3.05) is 24.3 Å². The van der Waals surface area contributed by atoms with Crippen LogP contribution in [-0.2, 0) is 9.53 Å². The zero-order chi connectivity index (χ0) is 17.9. The quantitative estimate of drug-likeness (QED) is 0.665. The first kappa shape index (κ1) is 18.3. The summed E-state index contributed by atoms with van der Waals surface area (Å²) in [5, 5.41) is 0.840. The largest absolute Gasteiger partial charge is 0.376 e. The monoisotopic (exact) mass is 390 g/mol. The van der Waals surface area contributed by atoms with Crippen LogP contribution in [0, 0.1) is 5.92 Å². The normalized spacial score (nSPS) is 21.3. The fraction of sp³-hybridized carbons (Fsp3) is 0.600. The molecule has 1 aromatic carbocycles. The van der Waals surface area contributed by atoms with Gasteiger partial charge in [0.25, 0.3) is 0 Å². The molecule has 0 N–H and O–H groups in total. The van der Waals surface area contributed by atoms with Crippen LogP contribution >= 0.6 is 23.1 Å². The molecular formula is C20H26N2O2S2. The van der Waals surface area contributed by atoms with Gasteiger partial charge in [0.15, 0.2) is 5.13 Å². The highest BCUT2D eigenvalue weighted by atomic mass is 32.2. The van der Waals surface area contributed by atoms with Crippen LogP contribution in [0.15, 0.2) is 23.1 Å². The minimum absolute atomic E-state index is 0.148. The van der Waals surface area contributed by atoms with Crippen LogP contribution in [0.5, 0.6) is 0 Å². The molecule has 2 heterocycles. The first-order valence-corrected chi connectivity index (χ1v) is 11.7. The average molecular weight is 391 g/mol. The van der Waals surface area contributed by atoms with Crippen molar-refractivity contribution in [1.82, 2.24) is 4.98 Å². The lowest BCUT2D eigenvalue weighted by molar-refractivity contribution is -0.123. The number of anilines is 1. The maximum Gasteiger partial charge on any atom is 0.231 e. The zero-order valence-corrected chi connectivity index (χ0v) is 16.9. The van der Waals surface area contributed by atoms with Gasteiger partial charge in [-0.3, -0.25) is 9.69 Å². The van der Waals surface area contributed by atoms with Crippen molar-refractivity contribution in [2.45, 2.75) is 55.9 Å². The van der Waals surface area contributed by atoms with E-state index in [-0.39, 0.29) is 17.9 Å². The number of ether oxygens (including phenoxy) is 1. The number of rotatable bonds is 5. The molecule has 6 heteroatoms. The summed E-state index contributed by atoms with van der Waals surface area (Å²) in [5.74, 6) is 0.405. The van der Waals surface area contributed by atoms with Crippen LogP contribution in [0.3, 0.4) is 0 Å². The number of nitrogens with zero attached hydrogens (tertiary/aromatic N) is 2. The standard InChI is InChI=1S/C20H26N2O2S2/c1-25-16-10-5-11-17-18(16)21-20(26-17)22(13-15-9-6-12-24-15)19(23)14-7-3-2-4-8-14/h5,10-11,14-15H,2-4,6-9,12-13H2,1H3. The number of carbonyl (C=O) groups is 1. The molecule has 2 fully saturated rings. The van der Waals surface area contributed by atoms with E-state index >= 15 is 0 Å². The topological polar surface area (TPSA) is 42.4 Å². The summed E-state index contributed by atoms with van der Waals surface area (Å²) in [7, 11) is 0. The number of para-hydroxylation sites is 1. The number of hydrogen-bond acceptors (Lipinski definition) is 5. The number of carbonyl (C=O) groups excluding carboxylic acids is 1. The second-order valence-corrected chi connectivity index (χ2v) is 9.08. The molecule has 26 heavy (non-hydrogen) atoms. The maximum absolute atomic E-state index is 13.3. The summed E-state index contributed by atoms with van der Waals surface area (Å²) in [6.45, 7) is 1.45. The molecule has 0 spiro atoms. The highest BCUT2D eigenvalue weighted by Crippen LogP contribution is 2.36. The van der Waals surface area contributed by atoms with Crippen molar-refractivity contribution < 1.29 is 9.53 Å². The predicted octanol–water partition coefficient (Wildman–Crippen LogP) is 5.11. The molecule has 1 atom stereocenters. The number of aromatic nitrogens is 1. The van der Waals surface area contributed by atoms with Crippen molar-refractivity contribution in [1.29, 1.82) is 0 Å². The van der Waals surface area contributed by atoms with Gasteiger partial charge in [0, 0.05) is 17.4 Å². The molecule has 140 valence electrons. The smallest absolute Gasteiger partial charge is 0.231 e. The van der Waals surface area contributed by atoms with Crippen molar-refractivity contribution in [3.8, 4) is 0 Å². The van der Waals surface area contributed by atoms with Crippen molar-refractivity contribution in [3.63, 3.8) is 0 Å².